The number of hydrogen-bond donors (Lipinski definition) is 1. The Bertz CT molecular complexity index is 935. The number of methoxy groups -OCH3 is 1. The normalized spacial score (nSPS) is 16.5. The van der Waals surface area contributed by atoms with E-state index in [-0.39, 0.29) is 22.1 Å². The second-order valence-corrected chi connectivity index (χ2v) is 8.73. The third-order valence-corrected chi connectivity index (χ3v) is 6.17. The summed E-state index contributed by atoms with van der Waals surface area (Å²) in [5, 5.41) is 2.60. The van der Waals surface area contributed by atoms with Gasteiger partial charge in [0.1, 0.15) is 6.04 Å². The molecule has 0 unspecified atom stereocenters. The van der Waals surface area contributed by atoms with Gasteiger partial charge in [-0.1, -0.05) is 86.2 Å². The predicted molar refractivity (Wildman–Crippen MR) is 121 cm³/mol. The van der Waals surface area contributed by atoms with Gasteiger partial charge in [-0.05, 0) is 30.0 Å². The molecular weight excluding hydrogens is 452 g/mol. The van der Waals surface area contributed by atoms with Crippen molar-refractivity contribution in [1.82, 2.24) is 5.32 Å². The molecular formula is C25H28ClF2NO4. The van der Waals surface area contributed by atoms with Crippen LogP contribution in [0.5, 0.6) is 0 Å². The summed E-state index contributed by atoms with van der Waals surface area (Å²) < 4.78 is 41.1. The molecule has 1 N–H and O–H groups in total. The van der Waals surface area contributed by atoms with Crippen LogP contribution in [0.4, 0.5) is 13.6 Å². The van der Waals surface area contributed by atoms with E-state index in [1.54, 1.807) is 18.2 Å². The third-order valence-electron chi connectivity index (χ3n) is 5.94. The minimum absolute atomic E-state index is 0.111. The standard InChI is InChI=1S/C25H28ClF2NO4/c1-32-23(30)21(15-17-9-4-2-5-10-17)29-24(31)33-22(18-11-6-3-7-12-18)25(27,28)19-13-8-14-20(26)16-19/h3,6-8,11-14,16-17,21-22H,2,4-5,9-10,15H2,1H3,(H,29,31)/t21-,22+/m0/s1. The van der Waals surface area contributed by atoms with E-state index in [9.17, 15) is 9.59 Å². The molecule has 1 aliphatic rings. The SMILES string of the molecule is COC(=O)[C@H](CC1CCCCC1)NC(=O)O[C@H](c1ccccc1)C(F)(F)c1cccc(Cl)c1. The number of nitrogens with one attached hydrogen (secondary N) is 1. The van der Waals surface area contributed by atoms with Crippen molar-refractivity contribution in [3.05, 3.63) is 70.7 Å². The number of rotatable bonds is 8. The highest BCUT2D eigenvalue weighted by molar-refractivity contribution is 6.30. The van der Waals surface area contributed by atoms with Gasteiger partial charge in [-0.3, -0.25) is 0 Å². The topological polar surface area (TPSA) is 64.6 Å². The molecule has 0 saturated heterocycles. The van der Waals surface area contributed by atoms with Crippen LogP contribution in [0.1, 0.15) is 55.8 Å². The Labute approximate surface area is 197 Å². The molecule has 0 bridgehead atoms. The molecule has 0 aromatic heterocycles. The third kappa shape index (κ3) is 6.67. The molecule has 1 saturated carbocycles. The van der Waals surface area contributed by atoms with Gasteiger partial charge in [0.2, 0.25) is 0 Å². The minimum atomic E-state index is -3.58. The van der Waals surface area contributed by atoms with Gasteiger partial charge in [0.25, 0.3) is 0 Å². The van der Waals surface area contributed by atoms with Crippen molar-refractivity contribution in [3.8, 4) is 0 Å². The number of alkyl halides is 2. The molecule has 0 spiro atoms. The van der Waals surface area contributed by atoms with Gasteiger partial charge in [0.05, 0.1) is 7.11 Å². The molecule has 1 amide bonds. The minimum Gasteiger partial charge on any atom is -0.467 e. The molecule has 3 rings (SSSR count). The molecule has 33 heavy (non-hydrogen) atoms. The van der Waals surface area contributed by atoms with Crippen LogP contribution in [-0.4, -0.2) is 25.2 Å². The van der Waals surface area contributed by atoms with E-state index in [1.807, 2.05) is 0 Å². The smallest absolute Gasteiger partial charge is 0.408 e. The van der Waals surface area contributed by atoms with Crippen molar-refractivity contribution in [2.24, 2.45) is 5.92 Å². The second-order valence-electron chi connectivity index (χ2n) is 8.29. The Hall–Kier alpha value is -2.67. The summed E-state index contributed by atoms with van der Waals surface area (Å²) in [6.07, 6.45) is 2.50. The number of benzene rings is 2. The van der Waals surface area contributed by atoms with Crippen molar-refractivity contribution in [2.75, 3.05) is 7.11 Å². The average molecular weight is 480 g/mol. The molecule has 5 nitrogen and oxygen atoms in total. The van der Waals surface area contributed by atoms with Crippen LogP contribution in [0.2, 0.25) is 5.02 Å². The maximum absolute atomic E-state index is 15.5. The lowest BCUT2D eigenvalue weighted by Gasteiger charge is -2.29. The van der Waals surface area contributed by atoms with E-state index in [1.165, 1.54) is 37.4 Å². The Kier molecular flexibility index (Phi) is 8.67. The molecule has 2 aromatic carbocycles. The summed E-state index contributed by atoms with van der Waals surface area (Å²) in [4.78, 5) is 25.0. The fourth-order valence-electron chi connectivity index (χ4n) is 4.22. The summed E-state index contributed by atoms with van der Waals surface area (Å²) >= 11 is 5.91. The zero-order valence-electron chi connectivity index (χ0n) is 18.4. The summed E-state index contributed by atoms with van der Waals surface area (Å²) in [6.45, 7) is 0. The van der Waals surface area contributed by atoms with E-state index < -0.39 is 30.1 Å². The van der Waals surface area contributed by atoms with Crippen LogP contribution in [0.25, 0.3) is 0 Å². The van der Waals surface area contributed by atoms with Gasteiger partial charge in [-0.15, -0.1) is 0 Å². The summed E-state index contributed by atoms with van der Waals surface area (Å²) in [5.74, 6) is -3.95. The maximum Gasteiger partial charge on any atom is 0.408 e. The number of halogens is 3. The highest BCUT2D eigenvalue weighted by Gasteiger charge is 2.46. The number of carbonyl (C=O) groups is 2. The van der Waals surface area contributed by atoms with Gasteiger partial charge >= 0.3 is 18.0 Å². The number of alkyl carbamates (subject to hydrolysis) is 1. The summed E-state index contributed by atoms with van der Waals surface area (Å²) in [7, 11) is 1.23. The molecule has 0 heterocycles. The highest BCUT2D eigenvalue weighted by Crippen LogP contribution is 2.43. The lowest BCUT2D eigenvalue weighted by atomic mass is 9.85. The molecule has 2 aromatic rings. The number of hydrogen-bond acceptors (Lipinski definition) is 4. The van der Waals surface area contributed by atoms with Crippen molar-refractivity contribution in [3.63, 3.8) is 0 Å². The zero-order valence-corrected chi connectivity index (χ0v) is 19.2. The van der Waals surface area contributed by atoms with Gasteiger partial charge in [-0.2, -0.15) is 8.78 Å². The van der Waals surface area contributed by atoms with Crippen LogP contribution in [0, 0.1) is 5.92 Å². The number of esters is 1. The monoisotopic (exact) mass is 479 g/mol. The van der Waals surface area contributed by atoms with E-state index in [4.69, 9.17) is 21.1 Å². The Morgan fingerprint density at radius 3 is 2.42 bits per heavy atom. The predicted octanol–water partition coefficient (Wildman–Crippen LogP) is 6.41. The quantitative estimate of drug-likeness (QED) is 0.444. The van der Waals surface area contributed by atoms with Crippen LogP contribution >= 0.6 is 11.6 Å². The average Bonchev–Trinajstić information content (AvgIpc) is 2.82. The first-order valence-electron chi connectivity index (χ1n) is 11.0. The Morgan fingerprint density at radius 2 is 1.79 bits per heavy atom. The molecule has 0 aliphatic heterocycles. The Morgan fingerprint density at radius 1 is 1.09 bits per heavy atom. The van der Waals surface area contributed by atoms with E-state index in [0.717, 1.165) is 38.2 Å². The van der Waals surface area contributed by atoms with Crippen molar-refractivity contribution in [2.45, 2.75) is 56.6 Å². The van der Waals surface area contributed by atoms with Gasteiger partial charge in [-0.25, -0.2) is 9.59 Å². The fourth-order valence-corrected chi connectivity index (χ4v) is 4.41. The summed E-state index contributed by atoms with van der Waals surface area (Å²) in [6, 6.07) is 12.0. The van der Waals surface area contributed by atoms with Crippen LogP contribution in [0.3, 0.4) is 0 Å². The maximum atomic E-state index is 15.5. The van der Waals surface area contributed by atoms with Gasteiger partial charge < -0.3 is 14.8 Å². The van der Waals surface area contributed by atoms with Gasteiger partial charge in [0, 0.05) is 10.6 Å². The van der Waals surface area contributed by atoms with Crippen LogP contribution in [0.15, 0.2) is 54.6 Å². The summed E-state index contributed by atoms with van der Waals surface area (Å²) in [5.41, 5.74) is -0.275. The lowest BCUT2D eigenvalue weighted by Crippen LogP contribution is -2.44. The van der Waals surface area contributed by atoms with Crippen molar-refractivity contribution < 1.29 is 27.8 Å². The molecule has 1 fully saturated rings. The van der Waals surface area contributed by atoms with Crippen LogP contribution in [-0.2, 0) is 20.2 Å². The first kappa shape index (κ1) is 25.0. The second kappa shape index (κ2) is 11.5. The van der Waals surface area contributed by atoms with E-state index >= 15 is 8.78 Å². The van der Waals surface area contributed by atoms with Gasteiger partial charge in [0.15, 0.2) is 6.10 Å². The van der Waals surface area contributed by atoms with Crippen molar-refractivity contribution >= 4 is 23.7 Å². The Balaban J connectivity index is 1.81. The van der Waals surface area contributed by atoms with E-state index in [2.05, 4.69) is 5.32 Å². The molecule has 8 heteroatoms. The number of carbonyl (C=O) groups excluding carboxylic acids is 2. The van der Waals surface area contributed by atoms with Crippen molar-refractivity contribution in [1.29, 1.82) is 0 Å². The largest absolute Gasteiger partial charge is 0.467 e. The molecule has 1 aliphatic carbocycles. The number of ether oxygens (including phenoxy) is 2. The zero-order chi connectivity index (χ0) is 23.8. The fraction of sp³-hybridized carbons (Fsp3) is 0.440. The first-order valence-corrected chi connectivity index (χ1v) is 11.4. The lowest BCUT2D eigenvalue weighted by molar-refractivity contribution is -0.144. The first-order chi connectivity index (χ1) is 15.8. The molecule has 2 atom stereocenters. The van der Waals surface area contributed by atoms with Crippen LogP contribution < -0.4 is 5.32 Å². The highest BCUT2D eigenvalue weighted by atomic mass is 35.5. The molecule has 0 radical (unpaired) electrons. The number of amides is 1. The molecule has 178 valence electrons. The van der Waals surface area contributed by atoms with E-state index in [0.29, 0.717) is 6.42 Å².